The summed E-state index contributed by atoms with van der Waals surface area (Å²) in [6, 6.07) is 12.6. The van der Waals surface area contributed by atoms with Crippen LogP contribution in [0.4, 0.5) is 10.1 Å². The lowest BCUT2D eigenvalue weighted by molar-refractivity contribution is -0.115. The smallest absolute Gasteiger partial charge is 0.230 e. The van der Waals surface area contributed by atoms with Crippen LogP contribution < -0.4 is 5.32 Å². The Balaban J connectivity index is 1.68. The van der Waals surface area contributed by atoms with Crippen molar-refractivity contribution in [3.05, 3.63) is 65.4 Å². The molecule has 2 N–H and O–H groups in total. The molecule has 0 aliphatic carbocycles. The summed E-state index contributed by atoms with van der Waals surface area (Å²) in [6.07, 6.45) is 0.103. The number of halogens is 1. The molecule has 1 aromatic heterocycles. The molecule has 1 amide bonds. The number of hydrogen-bond acceptors (Lipinski definition) is 4. The van der Waals surface area contributed by atoms with E-state index in [0.717, 1.165) is 0 Å². The van der Waals surface area contributed by atoms with Gasteiger partial charge in [-0.1, -0.05) is 12.1 Å². The maximum atomic E-state index is 13.7. The molecule has 0 saturated heterocycles. The second-order valence-electron chi connectivity index (χ2n) is 4.90. The van der Waals surface area contributed by atoms with Gasteiger partial charge in [-0.15, -0.1) is 11.3 Å². The number of nitrogens with one attached hydrogen (secondary N) is 1. The van der Waals surface area contributed by atoms with Crippen molar-refractivity contribution in [3.63, 3.8) is 0 Å². The van der Waals surface area contributed by atoms with Gasteiger partial charge >= 0.3 is 0 Å². The number of nitrogens with zero attached hydrogens (tertiary/aromatic N) is 1. The summed E-state index contributed by atoms with van der Waals surface area (Å²) in [5.74, 6) is -0.417. The first-order valence-corrected chi connectivity index (χ1v) is 7.78. The van der Waals surface area contributed by atoms with Crippen LogP contribution in [0.5, 0.6) is 5.75 Å². The minimum atomic E-state index is -0.332. The molecule has 4 nitrogen and oxygen atoms in total. The Morgan fingerprint density at radius 2 is 1.91 bits per heavy atom. The zero-order chi connectivity index (χ0) is 16.2. The largest absolute Gasteiger partial charge is 0.508 e. The minimum absolute atomic E-state index is 0.103. The molecule has 116 valence electrons. The molecular weight excluding hydrogens is 315 g/mol. The van der Waals surface area contributed by atoms with Crippen molar-refractivity contribution in [3.8, 4) is 16.3 Å². The quantitative estimate of drug-likeness (QED) is 0.715. The summed E-state index contributed by atoms with van der Waals surface area (Å²) in [5.41, 5.74) is 1.62. The molecule has 0 radical (unpaired) electrons. The number of carbonyl (C=O) groups excluding carboxylic acids is 1. The Kier molecular flexibility index (Phi) is 4.34. The fourth-order valence-corrected chi connectivity index (χ4v) is 2.91. The van der Waals surface area contributed by atoms with E-state index < -0.39 is 0 Å². The van der Waals surface area contributed by atoms with Gasteiger partial charge in [-0.2, -0.15) is 0 Å². The van der Waals surface area contributed by atoms with Gasteiger partial charge < -0.3 is 10.4 Å². The Morgan fingerprint density at radius 3 is 2.65 bits per heavy atom. The highest BCUT2D eigenvalue weighted by molar-refractivity contribution is 7.13. The summed E-state index contributed by atoms with van der Waals surface area (Å²) < 4.78 is 13.7. The maximum Gasteiger partial charge on any atom is 0.230 e. The average molecular weight is 328 g/mol. The normalized spacial score (nSPS) is 10.5. The SMILES string of the molecule is O=C(Cc1csc(-c2ccccc2F)n1)Nc1ccc(O)cc1. The number of phenolic OH excluding ortho intramolecular Hbond substituents is 1. The molecule has 0 aliphatic rings. The van der Waals surface area contributed by atoms with Crippen LogP contribution in [0.2, 0.25) is 0 Å². The standard InChI is InChI=1S/C17H13FN2O2S/c18-15-4-2-1-3-14(15)17-20-12(10-23-17)9-16(22)19-11-5-7-13(21)8-6-11/h1-8,10,21H,9H2,(H,19,22). The predicted molar refractivity (Wildman–Crippen MR) is 87.9 cm³/mol. The number of amides is 1. The van der Waals surface area contributed by atoms with E-state index in [-0.39, 0.29) is 23.9 Å². The van der Waals surface area contributed by atoms with Crippen molar-refractivity contribution in [1.82, 2.24) is 4.98 Å². The molecule has 3 rings (SSSR count). The lowest BCUT2D eigenvalue weighted by atomic mass is 10.2. The third-order valence-corrected chi connectivity index (χ3v) is 4.07. The molecule has 3 aromatic rings. The highest BCUT2D eigenvalue weighted by Crippen LogP contribution is 2.26. The maximum absolute atomic E-state index is 13.7. The number of aromatic nitrogens is 1. The van der Waals surface area contributed by atoms with Crippen LogP contribution in [-0.2, 0) is 11.2 Å². The lowest BCUT2D eigenvalue weighted by Gasteiger charge is -2.03. The van der Waals surface area contributed by atoms with E-state index in [1.165, 1.54) is 29.5 Å². The van der Waals surface area contributed by atoms with Crippen LogP contribution in [0.1, 0.15) is 5.69 Å². The average Bonchev–Trinajstić information content (AvgIpc) is 2.98. The summed E-state index contributed by atoms with van der Waals surface area (Å²) in [6.45, 7) is 0. The first kappa shape index (κ1) is 15.2. The van der Waals surface area contributed by atoms with E-state index in [0.29, 0.717) is 22.0 Å². The number of hydrogen-bond donors (Lipinski definition) is 2. The van der Waals surface area contributed by atoms with E-state index in [1.807, 2.05) is 0 Å². The highest BCUT2D eigenvalue weighted by atomic mass is 32.1. The number of benzene rings is 2. The van der Waals surface area contributed by atoms with E-state index >= 15 is 0 Å². The molecular formula is C17H13FN2O2S. The zero-order valence-corrected chi connectivity index (χ0v) is 12.8. The van der Waals surface area contributed by atoms with Crippen LogP contribution in [0.3, 0.4) is 0 Å². The van der Waals surface area contributed by atoms with E-state index in [1.54, 1.807) is 35.7 Å². The number of carbonyl (C=O) groups is 1. The van der Waals surface area contributed by atoms with Crippen molar-refractivity contribution in [1.29, 1.82) is 0 Å². The third kappa shape index (κ3) is 3.73. The van der Waals surface area contributed by atoms with Crippen molar-refractivity contribution in [2.45, 2.75) is 6.42 Å². The van der Waals surface area contributed by atoms with Crippen LogP contribution in [0.25, 0.3) is 10.6 Å². The molecule has 0 aliphatic heterocycles. The van der Waals surface area contributed by atoms with E-state index in [9.17, 15) is 14.3 Å². The van der Waals surface area contributed by atoms with Crippen LogP contribution in [0.15, 0.2) is 53.9 Å². The number of thiazole rings is 1. The second-order valence-corrected chi connectivity index (χ2v) is 5.75. The molecule has 6 heteroatoms. The van der Waals surface area contributed by atoms with Crippen molar-refractivity contribution in [2.24, 2.45) is 0 Å². The molecule has 0 atom stereocenters. The first-order valence-electron chi connectivity index (χ1n) is 6.90. The van der Waals surface area contributed by atoms with Crippen LogP contribution >= 0.6 is 11.3 Å². The number of phenols is 1. The Labute approximate surface area is 136 Å². The van der Waals surface area contributed by atoms with Crippen LogP contribution in [-0.4, -0.2) is 16.0 Å². The summed E-state index contributed by atoms with van der Waals surface area (Å²) >= 11 is 1.30. The molecule has 0 spiro atoms. The Hall–Kier alpha value is -2.73. The number of anilines is 1. The zero-order valence-electron chi connectivity index (χ0n) is 12.0. The molecule has 0 fully saturated rings. The topological polar surface area (TPSA) is 62.2 Å². The van der Waals surface area contributed by atoms with E-state index in [4.69, 9.17) is 0 Å². The Bertz CT molecular complexity index is 831. The van der Waals surface area contributed by atoms with Crippen molar-refractivity contribution in [2.75, 3.05) is 5.32 Å². The second kappa shape index (κ2) is 6.58. The molecule has 0 bridgehead atoms. The third-order valence-electron chi connectivity index (χ3n) is 3.15. The lowest BCUT2D eigenvalue weighted by Crippen LogP contribution is -2.14. The van der Waals surface area contributed by atoms with Gasteiger partial charge in [0.15, 0.2) is 0 Å². The summed E-state index contributed by atoms with van der Waals surface area (Å²) in [4.78, 5) is 16.3. The van der Waals surface area contributed by atoms with Crippen molar-refractivity contribution >= 4 is 22.9 Å². The van der Waals surface area contributed by atoms with Gasteiger partial charge in [0.05, 0.1) is 12.1 Å². The molecule has 0 saturated carbocycles. The van der Waals surface area contributed by atoms with Gasteiger partial charge in [0.1, 0.15) is 16.6 Å². The Morgan fingerprint density at radius 1 is 1.17 bits per heavy atom. The molecule has 2 aromatic carbocycles. The minimum Gasteiger partial charge on any atom is -0.508 e. The van der Waals surface area contributed by atoms with Gasteiger partial charge in [0, 0.05) is 16.6 Å². The summed E-state index contributed by atoms with van der Waals surface area (Å²) in [5, 5.41) is 14.2. The van der Waals surface area contributed by atoms with Gasteiger partial charge in [-0.25, -0.2) is 9.37 Å². The van der Waals surface area contributed by atoms with Crippen LogP contribution in [0, 0.1) is 5.82 Å². The van der Waals surface area contributed by atoms with Gasteiger partial charge in [-0.05, 0) is 36.4 Å². The monoisotopic (exact) mass is 328 g/mol. The number of rotatable bonds is 4. The summed E-state index contributed by atoms with van der Waals surface area (Å²) in [7, 11) is 0. The predicted octanol–water partition coefficient (Wildman–Crippen LogP) is 3.84. The highest BCUT2D eigenvalue weighted by Gasteiger charge is 2.11. The van der Waals surface area contributed by atoms with Gasteiger partial charge in [-0.3, -0.25) is 4.79 Å². The molecule has 1 heterocycles. The molecule has 23 heavy (non-hydrogen) atoms. The first-order chi connectivity index (χ1) is 11.1. The fraction of sp³-hybridized carbons (Fsp3) is 0.0588. The van der Waals surface area contributed by atoms with E-state index in [2.05, 4.69) is 10.3 Å². The number of aromatic hydroxyl groups is 1. The van der Waals surface area contributed by atoms with Gasteiger partial charge in [0.25, 0.3) is 0 Å². The molecule has 0 unspecified atom stereocenters. The fourth-order valence-electron chi connectivity index (χ4n) is 2.06. The van der Waals surface area contributed by atoms with Gasteiger partial charge in [0.2, 0.25) is 5.91 Å². The van der Waals surface area contributed by atoms with Crippen molar-refractivity contribution < 1.29 is 14.3 Å².